The molecule has 0 aliphatic rings. The maximum Gasteiger partial charge on any atom is 0.251 e. The van der Waals surface area contributed by atoms with Gasteiger partial charge in [0.1, 0.15) is 23.9 Å². The summed E-state index contributed by atoms with van der Waals surface area (Å²) in [4.78, 5) is 35.9. The first kappa shape index (κ1) is 27.3. The van der Waals surface area contributed by atoms with Crippen LogP contribution in [-0.4, -0.2) is 57.9 Å². The maximum absolute atomic E-state index is 14.1. The number of hydrogen-bond acceptors (Lipinski definition) is 7. The number of nitrogens with zero attached hydrogens (tertiary/aromatic N) is 6. The Hall–Kier alpha value is -5.25. The van der Waals surface area contributed by atoms with E-state index in [0.29, 0.717) is 22.5 Å². The number of ether oxygens (including phenoxy) is 1. The molecule has 208 valence electrons. The number of benzene rings is 3. The van der Waals surface area contributed by atoms with Crippen LogP contribution in [0.1, 0.15) is 17.2 Å². The van der Waals surface area contributed by atoms with Crippen molar-refractivity contribution in [2.45, 2.75) is 19.1 Å². The third-order valence-electron chi connectivity index (χ3n) is 6.74. The molecule has 2 aromatic heterocycles. The Balaban J connectivity index is 1.53. The zero-order valence-corrected chi connectivity index (χ0v) is 23.1. The molecule has 10 nitrogen and oxygen atoms in total. The molecule has 0 radical (unpaired) electrons. The fraction of sp³-hybridized carbons (Fsp3) is 0.194. The van der Waals surface area contributed by atoms with E-state index in [4.69, 9.17) is 4.74 Å². The molecular formula is C31H31N7O3. The highest BCUT2D eigenvalue weighted by molar-refractivity contribution is 5.98. The zero-order valence-electron chi connectivity index (χ0n) is 23.1. The van der Waals surface area contributed by atoms with Crippen LogP contribution in [0.3, 0.4) is 0 Å². The van der Waals surface area contributed by atoms with Crippen molar-refractivity contribution in [1.29, 1.82) is 0 Å². The molecule has 1 unspecified atom stereocenters. The first-order valence-electron chi connectivity index (χ1n) is 13.1. The van der Waals surface area contributed by atoms with Gasteiger partial charge in [-0.05, 0) is 65.7 Å². The quantitative estimate of drug-likeness (QED) is 0.277. The van der Waals surface area contributed by atoms with Crippen LogP contribution in [0.15, 0.2) is 97.3 Å². The molecule has 1 N–H and O–H groups in total. The van der Waals surface area contributed by atoms with Gasteiger partial charge in [0.2, 0.25) is 5.91 Å². The van der Waals surface area contributed by atoms with Gasteiger partial charge in [-0.25, -0.2) is 4.68 Å². The van der Waals surface area contributed by atoms with Gasteiger partial charge in [0.05, 0.1) is 12.6 Å². The maximum atomic E-state index is 14.1. The van der Waals surface area contributed by atoms with E-state index in [1.165, 1.54) is 0 Å². The number of para-hydroxylation sites is 1. The van der Waals surface area contributed by atoms with E-state index >= 15 is 0 Å². The number of carbonyl (C=O) groups is 2. The third kappa shape index (κ3) is 6.33. The van der Waals surface area contributed by atoms with Gasteiger partial charge in [-0.1, -0.05) is 35.5 Å². The van der Waals surface area contributed by atoms with Gasteiger partial charge in [-0.3, -0.25) is 14.6 Å². The minimum absolute atomic E-state index is 0.0990. The lowest BCUT2D eigenvalue weighted by Gasteiger charge is -2.31. The summed E-state index contributed by atoms with van der Waals surface area (Å²) in [5.74, 6) is -0.0108. The predicted molar refractivity (Wildman–Crippen MR) is 157 cm³/mol. The molecule has 10 heteroatoms. The predicted octanol–water partition coefficient (Wildman–Crippen LogP) is 4.31. The Bertz CT molecular complexity index is 1620. The molecule has 41 heavy (non-hydrogen) atoms. The SMILES string of the molecule is COc1ccc(C(C(=O)Nc2ccc(N(C)C)cc2)N(Cc2cccnc2)C(=O)Cn2nnc3ccccc32)cc1. The average Bonchev–Trinajstić information content (AvgIpc) is 3.40. The molecule has 5 rings (SSSR count). The molecular weight excluding hydrogens is 518 g/mol. The molecule has 0 aliphatic carbocycles. The van der Waals surface area contributed by atoms with E-state index in [1.807, 2.05) is 73.6 Å². The minimum atomic E-state index is -0.961. The summed E-state index contributed by atoms with van der Waals surface area (Å²) in [5, 5.41) is 11.4. The van der Waals surface area contributed by atoms with Gasteiger partial charge in [0, 0.05) is 44.4 Å². The second-order valence-electron chi connectivity index (χ2n) is 9.72. The highest BCUT2D eigenvalue weighted by atomic mass is 16.5. The molecule has 0 bridgehead atoms. The fourth-order valence-electron chi connectivity index (χ4n) is 4.58. The Labute approximate surface area is 238 Å². The average molecular weight is 550 g/mol. The van der Waals surface area contributed by atoms with E-state index < -0.39 is 6.04 Å². The number of anilines is 2. The van der Waals surface area contributed by atoms with Crippen LogP contribution in [0.5, 0.6) is 5.75 Å². The van der Waals surface area contributed by atoms with Gasteiger partial charge in [-0.15, -0.1) is 5.10 Å². The summed E-state index contributed by atoms with van der Waals surface area (Å²) in [5.41, 5.74) is 4.46. The number of aromatic nitrogens is 4. The first-order valence-corrected chi connectivity index (χ1v) is 13.1. The molecule has 0 aliphatic heterocycles. The summed E-state index contributed by atoms with van der Waals surface area (Å²) in [6.07, 6.45) is 3.36. The number of hydrogen-bond donors (Lipinski definition) is 1. The monoisotopic (exact) mass is 549 g/mol. The standard InChI is InChI=1S/C31H31N7O3/c1-36(2)25-14-12-24(13-15-25)33-31(40)30(23-10-16-26(41-3)17-11-23)37(20-22-7-6-18-32-19-22)29(39)21-38-28-9-5-4-8-27(28)34-35-38/h4-19,30H,20-21H2,1-3H3,(H,33,40). The molecule has 0 saturated heterocycles. The van der Waals surface area contributed by atoms with E-state index in [-0.39, 0.29) is 24.9 Å². The summed E-state index contributed by atoms with van der Waals surface area (Å²) >= 11 is 0. The Morgan fingerprint density at radius 1 is 0.951 bits per heavy atom. The first-order chi connectivity index (χ1) is 19.9. The van der Waals surface area contributed by atoms with Crippen LogP contribution >= 0.6 is 0 Å². The highest BCUT2D eigenvalue weighted by Crippen LogP contribution is 2.28. The van der Waals surface area contributed by atoms with Crippen molar-refractivity contribution in [2.75, 3.05) is 31.4 Å². The molecule has 0 spiro atoms. The van der Waals surface area contributed by atoms with Crippen molar-refractivity contribution in [3.8, 4) is 5.75 Å². The number of methoxy groups -OCH3 is 1. The van der Waals surface area contributed by atoms with E-state index in [2.05, 4.69) is 20.6 Å². The normalized spacial score (nSPS) is 11.6. The topological polar surface area (TPSA) is 105 Å². The van der Waals surface area contributed by atoms with Crippen molar-refractivity contribution in [2.24, 2.45) is 0 Å². The summed E-state index contributed by atoms with van der Waals surface area (Å²) < 4.78 is 6.89. The van der Waals surface area contributed by atoms with E-state index in [1.54, 1.807) is 59.4 Å². The number of amides is 2. The van der Waals surface area contributed by atoms with Gasteiger partial charge >= 0.3 is 0 Å². The van der Waals surface area contributed by atoms with E-state index in [0.717, 1.165) is 16.8 Å². The van der Waals surface area contributed by atoms with Crippen LogP contribution in [-0.2, 0) is 22.7 Å². The highest BCUT2D eigenvalue weighted by Gasteiger charge is 2.32. The van der Waals surface area contributed by atoms with Crippen LogP contribution in [0.4, 0.5) is 11.4 Å². The van der Waals surface area contributed by atoms with Crippen molar-refractivity contribution in [3.05, 3.63) is 108 Å². The largest absolute Gasteiger partial charge is 0.497 e. The summed E-state index contributed by atoms with van der Waals surface area (Å²) in [6.45, 7) is 0.0568. The van der Waals surface area contributed by atoms with Gasteiger partial charge < -0.3 is 19.9 Å². The number of nitrogens with one attached hydrogen (secondary N) is 1. The molecule has 3 aromatic carbocycles. The third-order valence-corrected chi connectivity index (χ3v) is 6.74. The summed E-state index contributed by atoms with van der Waals surface area (Å²) in [7, 11) is 5.48. The molecule has 1 atom stereocenters. The number of pyridine rings is 1. The lowest BCUT2D eigenvalue weighted by molar-refractivity contribution is -0.140. The zero-order chi connectivity index (χ0) is 28.8. The number of rotatable bonds is 10. The van der Waals surface area contributed by atoms with E-state index in [9.17, 15) is 9.59 Å². The molecule has 2 amide bonds. The van der Waals surface area contributed by atoms with Crippen LogP contribution in [0.25, 0.3) is 11.0 Å². The Morgan fingerprint density at radius 2 is 1.71 bits per heavy atom. The van der Waals surface area contributed by atoms with Crippen molar-refractivity contribution < 1.29 is 14.3 Å². The molecule has 5 aromatic rings. The lowest BCUT2D eigenvalue weighted by atomic mass is 10.0. The number of fused-ring (bicyclic) bond motifs is 1. The smallest absolute Gasteiger partial charge is 0.251 e. The van der Waals surface area contributed by atoms with Crippen LogP contribution in [0.2, 0.25) is 0 Å². The van der Waals surface area contributed by atoms with Gasteiger partial charge in [0.15, 0.2) is 0 Å². The minimum Gasteiger partial charge on any atom is -0.497 e. The van der Waals surface area contributed by atoms with Crippen LogP contribution < -0.4 is 15.0 Å². The van der Waals surface area contributed by atoms with Gasteiger partial charge in [0.25, 0.3) is 5.91 Å². The van der Waals surface area contributed by atoms with Gasteiger partial charge in [-0.2, -0.15) is 0 Å². The summed E-state index contributed by atoms with van der Waals surface area (Å²) in [6, 6.07) is 24.8. The lowest BCUT2D eigenvalue weighted by Crippen LogP contribution is -2.42. The van der Waals surface area contributed by atoms with Crippen LogP contribution in [0, 0.1) is 0 Å². The Kier molecular flexibility index (Phi) is 8.19. The van der Waals surface area contributed by atoms with Crippen molar-refractivity contribution in [1.82, 2.24) is 24.9 Å². The second-order valence-corrected chi connectivity index (χ2v) is 9.72. The van der Waals surface area contributed by atoms with Crippen molar-refractivity contribution >= 4 is 34.2 Å². The molecule has 0 saturated carbocycles. The Morgan fingerprint density at radius 3 is 2.39 bits per heavy atom. The molecule has 0 fully saturated rings. The second kappa shape index (κ2) is 12.3. The van der Waals surface area contributed by atoms with Crippen molar-refractivity contribution in [3.63, 3.8) is 0 Å². The number of carbonyl (C=O) groups excluding carboxylic acids is 2. The molecule has 2 heterocycles. The fourth-order valence-corrected chi connectivity index (χ4v) is 4.58.